The van der Waals surface area contributed by atoms with E-state index in [1.165, 1.54) is 4.88 Å². The molecule has 1 N–H and O–H groups in total. The Morgan fingerprint density at radius 3 is 2.83 bits per heavy atom. The molecule has 1 atom stereocenters. The molecule has 1 aromatic heterocycles. The molecular formula is C17H20Cl2N2OS. The number of thiophene rings is 1. The summed E-state index contributed by atoms with van der Waals surface area (Å²) in [4.78, 5) is 17.1. The van der Waals surface area contributed by atoms with Crippen LogP contribution < -0.4 is 5.32 Å². The van der Waals surface area contributed by atoms with E-state index in [-0.39, 0.29) is 24.4 Å². The number of aryl methyl sites for hydroxylation is 1. The first-order valence-electron chi connectivity index (χ1n) is 7.45. The van der Waals surface area contributed by atoms with Gasteiger partial charge in [0, 0.05) is 34.4 Å². The maximum Gasteiger partial charge on any atom is 0.228 e. The molecule has 0 radical (unpaired) electrons. The van der Waals surface area contributed by atoms with Gasteiger partial charge in [-0.15, -0.1) is 23.7 Å². The average molecular weight is 371 g/mol. The normalized spacial score (nSPS) is 17.7. The summed E-state index contributed by atoms with van der Waals surface area (Å²) in [5.41, 5.74) is 1.02. The van der Waals surface area contributed by atoms with E-state index in [0.717, 1.165) is 35.1 Å². The first kappa shape index (κ1) is 18.3. The molecule has 1 fully saturated rings. The summed E-state index contributed by atoms with van der Waals surface area (Å²) in [6.07, 6.45) is 0.472. The summed E-state index contributed by atoms with van der Waals surface area (Å²) < 4.78 is 0. The van der Waals surface area contributed by atoms with E-state index in [1.807, 2.05) is 35.2 Å². The molecule has 1 aliphatic rings. The van der Waals surface area contributed by atoms with Crippen molar-refractivity contribution in [2.24, 2.45) is 0 Å². The van der Waals surface area contributed by atoms with Crippen LogP contribution in [0.1, 0.15) is 21.4 Å². The molecule has 2 heterocycles. The van der Waals surface area contributed by atoms with Crippen molar-refractivity contribution in [1.29, 1.82) is 0 Å². The van der Waals surface area contributed by atoms with Crippen molar-refractivity contribution >= 4 is 41.3 Å². The molecule has 1 amide bonds. The van der Waals surface area contributed by atoms with Crippen molar-refractivity contribution in [2.75, 3.05) is 19.6 Å². The third-order valence-electron chi connectivity index (χ3n) is 3.95. The fourth-order valence-corrected chi connectivity index (χ4v) is 4.00. The predicted octanol–water partition coefficient (Wildman–Crippen LogP) is 3.85. The number of benzene rings is 1. The summed E-state index contributed by atoms with van der Waals surface area (Å²) in [6, 6.07) is 11.9. The maximum atomic E-state index is 12.7. The van der Waals surface area contributed by atoms with Crippen LogP contribution in [0.15, 0.2) is 36.4 Å². The fraction of sp³-hybridized carbons (Fsp3) is 0.353. The minimum Gasteiger partial charge on any atom is -0.333 e. The minimum atomic E-state index is 0. The SMILES string of the molecule is Cc1ccc(CC(=O)N2CCNCC2c2ccccc2Cl)s1.Cl. The average Bonchev–Trinajstić information content (AvgIpc) is 2.93. The van der Waals surface area contributed by atoms with Crippen LogP contribution in [0, 0.1) is 6.92 Å². The predicted molar refractivity (Wildman–Crippen MR) is 98.8 cm³/mol. The maximum absolute atomic E-state index is 12.7. The van der Waals surface area contributed by atoms with E-state index in [1.54, 1.807) is 11.3 Å². The molecule has 124 valence electrons. The number of carbonyl (C=O) groups is 1. The Labute approximate surface area is 152 Å². The highest BCUT2D eigenvalue weighted by molar-refractivity contribution is 7.12. The molecule has 1 aliphatic heterocycles. The van der Waals surface area contributed by atoms with Crippen LogP contribution in [0.3, 0.4) is 0 Å². The van der Waals surface area contributed by atoms with E-state index in [2.05, 4.69) is 18.3 Å². The Morgan fingerprint density at radius 2 is 2.13 bits per heavy atom. The molecule has 3 nitrogen and oxygen atoms in total. The molecule has 0 saturated carbocycles. The van der Waals surface area contributed by atoms with Crippen molar-refractivity contribution < 1.29 is 4.79 Å². The van der Waals surface area contributed by atoms with Crippen molar-refractivity contribution in [3.63, 3.8) is 0 Å². The van der Waals surface area contributed by atoms with Crippen LogP contribution in [0.25, 0.3) is 0 Å². The molecular weight excluding hydrogens is 351 g/mol. The summed E-state index contributed by atoms with van der Waals surface area (Å²) in [5, 5.41) is 4.09. The highest BCUT2D eigenvalue weighted by atomic mass is 35.5. The number of hydrogen-bond donors (Lipinski definition) is 1. The second kappa shape index (κ2) is 8.15. The van der Waals surface area contributed by atoms with Gasteiger partial charge in [0.25, 0.3) is 0 Å². The number of piperazine rings is 1. The van der Waals surface area contributed by atoms with Crippen LogP contribution in [-0.2, 0) is 11.2 Å². The van der Waals surface area contributed by atoms with Crippen LogP contribution in [0.4, 0.5) is 0 Å². The van der Waals surface area contributed by atoms with Crippen LogP contribution in [0.5, 0.6) is 0 Å². The van der Waals surface area contributed by atoms with E-state index >= 15 is 0 Å². The molecule has 3 rings (SSSR count). The van der Waals surface area contributed by atoms with Crippen molar-refractivity contribution in [1.82, 2.24) is 10.2 Å². The second-order valence-electron chi connectivity index (χ2n) is 5.52. The van der Waals surface area contributed by atoms with Gasteiger partial charge in [0.15, 0.2) is 0 Å². The Kier molecular flexibility index (Phi) is 6.48. The molecule has 23 heavy (non-hydrogen) atoms. The van der Waals surface area contributed by atoms with Crippen LogP contribution in [0.2, 0.25) is 5.02 Å². The molecule has 2 aromatic rings. The van der Waals surface area contributed by atoms with Crippen molar-refractivity contribution in [3.05, 3.63) is 56.7 Å². The van der Waals surface area contributed by atoms with Gasteiger partial charge < -0.3 is 10.2 Å². The smallest absolute Gasteiger partial charge is 0.228 e. The Hall–Kier alpha value is -1.07. The van der Waals surface area contributed by atoms with Crippen molar-refractivity contribution in [2.45, 2.75) is 19.4 Å². The van der Waals surface area contributed by atoms with Gasteiger partial charge in [-0.05, 0) is 30.7 Å². The van der Waals surface area contributed by atoms with Gasteiger partial charge in [-0.25, -0.2) is 0 Å². The molecule has 0 aliphatic carbocycles. The zero-order chi connectivity index (χ0) is 15.5. The quantitative estimate of drug-likeness (QED) is 0.889. The van der Waals surface area contributed by atoms with Crippen LogP contribution >= 0.6 is 35.3 Å². The third-order valence-corrected chi connectivity index (χ3v) is 5.29. The number of nitrogens with one attached hydrogen (secondary N) is 1. The molecule has 1 saturated heterocycles. The number of rotatable bonds is 3. The summed E-state index contributed by atoms with van der Waals surface area (Å²) >= 11 is 8.02. The number of halogens is 2. The third kappa shape index (κ3) is 4.27. The Bertz CT molecular complexity index is 674. The zero-order valence-corrected chi connectivity index (χ0v) is 15.3. The topological polar surface area (TPSA) is 32.3 Å². The van der Waals surface area contributed by atoms with Gasteiger partial charge in [-0.1, -0.05) is 29.8 Å². The summed E-state index contributed by atoms with van der Waals surface area (Å²) in [7, 11) is 0. The summed E-state index contributed by atoms with van der Waals surface area (Å²) in [5.74, 6) is 0.174. The van der Waals surface area contributed by atoms with Gasteiger partial charge in [0.05, 0.1) is 12.5 Å². The number of carbonyl (C=O) groups excluding carboxylic acids is 1. The lowest BCUT2D eigenvalue weighted by Crippen LogP contribution is -2.49. The van der Waals surface area contributed by atoms with Gasteiger partial charge in [0.1, 0.15) is 0 Å². The molecule has 1 aromatic carbocycles. The number of amides is 1. The molecule has 0 bridgehead atoms. The molecule has 6 heteroatoms. The van der Waals surface area contributed by atoms with Crippen molar-refractivity contribution in [3.8, 4) is 0 Å². The number of hydrogen-bond acceptors (Lipinski definition) is 3. The minimum absolute atomic E-state index is 0. The lowest BCUT2D eigenvalue weighted by molar-refractivity contribution is -0.133. The first-order chi connectivity index (χ1) is 10.6. The molecule has 1 unspecified atom stereocenters. The molecule has 0 spiro atoms. The van der Waals surface area contributed by atoms with Crippen LogP contribution in [-0.4, -0.2) is 30.4 Å². The van der Waals surface area contributed by atoms with Gasteiger partial charge in [-0.2, -0.15) is 0 Å². The van der Waals surface area contributed by atoms with E-state index in [9.17, 15) is 4.79 Å². The fourth-order valence-electron chi connectivity index (χ4n) is 2.86. The Morgan fingerprint density at radius 1 is 1.35 bits per heavy atom. The highest BCUT2D eigenvalue weighted by Crippen LogP contribution is 2.29. The van der Waals surface area contributed by atoms with E-state index in [0.29, 0.717) is 6.42 Å². The standard InChI is InChI=1S/C17H19ClN2OS.ClH/c1-12-6-7-13(22-12)10-17(21)20-9-8-19-11-16(20)14-4-2-3-5-15(14)18;/h2-7,16,19H,8-11H2,1H3;1H. The monoisotopic (exact) mass is 370 g/mol. The number of nitrogens with zero attached hydrogens (tertiary/aromatic N) is 1. The lowest BCUT2D eigenvalue weighted by Gasteiger charge is -2.37. The van der Waals surface area contributed by atoms with Gasteiger partial charge in [-0.3, -0.25) is 4.79 Å². The van der Waals surface area contributed by atoms with E-state index in [4.69, 9.17) is 11.6 Å². The van der Waals surface area contributed by atoms with Gasteiger partial charge in [0.2, 0.25) is 5.91 Å². The largest absolute Gasteiger partial charge is 0.333 e. The summed E-state index contributed by atoms with van der Waals surface area (Å²) in [6.45, 7) is 4.37. The highest BCUT2D eigenvalue weighted by Gasteiger charge is 2.29. The first-order valence-corrected chi connectivity index (χ1v) is 8.64. The lowest BCUT2D eigenvalue weighted by atomic mass is 10.0. The second-order valence-corrected chi connectivity index (χ2v) is 7.30. The zero-order valence-electron chi connectivity index (χ0n) is 12.9. The van der Waals surface area contributed by atoms with E-state index < -0.39 is 0 Å². The Balaban J connectivity index is 0.00000192. The van der Waals surface area contributed by atoms with Gasteiger partial charge >= 0.3 is 0 Å².